The second-order valence-corrected chi connectivity index (χ2v) is 5.76. The van der Waals surface area contributed by atoms with Crippen molar-refractivity contribution in [1.82, 2.24) is 4.90 Å². The number of amides is 2. The first-order valence-electron chi connectivity index (χ1n) is 7.17. The lowest BCUT2D eigenvalue weighted by Gasteiger charge is -2.18. The number of nitrogens with zero attached hydrogens (tertiary/aromatic N) is 1. The Kier molecular flexibility index (Phi) is 6.21. The van der Waals surface area contributed by atoms with E-state index in [0.29, 0.717) is 6.42 Å². The minimum atomic E-state index is -0.0418. The van der Waals surface area contributed by atoms with Crippen LogP contribution in [0.1, 0.15) is 27.2 Å². The van der Waals surface area contributed by atoms with E-state index in [-0.39, 0.29) is 23.8 Å². The van der Waals surface area contributed by atoms with Crippen molar-refractivity contribution in [3.63, 3.8) is 0 Å². The van der Waals surface area contributed by atoms with Crippen molar-refractivity contribution in [3.05, 3.63) is 24.3 Å². The Labute approximate surface area is 126 Å². The molecular formula is C16H25N3O2. The first kappa shape index (κ1) is 17.0. The summed E-state index contributed by atoms with van der Waals surface area (Å²) in [4.78, 5) is 24.8. The summed E-state index contributed by atoms with van der Waals surface area (Å²) in [7, 11) is 3.50. The lowest BCUT2D eigenvalue weighted by Crippen LogP contribution is -2.28. The van der Waals surface area contributed by atoms with E-state index in [0.717, 1.165) is 11.4 Å². The molecule has 0 aromatic heterocycles. The van der Waals surface area contributed by atoms with Gasteiger partial charge in [-0.05, 0) is 31.2 Å². The predicted molar refractivity (Wildman–Crippen MR) is 86.3 cm³/mol. The molecule has 21 heavy (non-hydrogen) atoms. The van der Waals surface area contributed by atoms with Crippen LogP contribution < -0.4 is 10.6 Å². The molecule has 1 atom stereocenters. The molecule has 0 unspecified atom stereocenters. The summed E-state index contributed by atoms with van der Waals surface area (Å²) in [5.41, 5.74) is 1.70. The van der Waals surface area contributed by atoms with Crippen molar-refractivity contribution in [1.29, 1.82) is 0 Å². The van der Waals surface area contributed by atoms with Crippen molar-refractivity contribution < 1.29 is 9.59 Å². The average Bonchev–Trinajstić information content (AvgIpc) is 2.40. The third-order valence-electron chi connectivity index (χ3n) is 3.07. The standard InChI is InChI=1S/C16H25N3O2/c1-11(2)16(21)18-14-8-6-13(7-9-14)17-12(3)10-15(20)19(4)5/h6-9,11-12,17H,10H2,1-5H3,(H,18,21)/t12-/m1/s1. The molecule has 0 aliphatic rings. The summed E-state index contributed by atoms with van der Waals surface area (Å²) in [6.45, 7) is 5.68. The highest BCUT2D eigenvalue weighted by Crippen LogP contribution is 2.16. The Morgan fingerprint density at radius 2 is 1.57 bits per heavy atom. The van der Waals surface area contributed by atoms with Gasteiger partial charge < -0.3 is 15.5 Å². The van der Waals surface area contributed by atoms with E-state index >= 15 is 0 Å². The van der Waals surface area contributed by atoms with Crippen LogP contribution in [0, 0.1) is 5.92 Å². The van der Waals surface area contributed by atoms with Gasteiger partial charge in [-0.2, -0.15) is 0 Å². The lowest BCUT2D eigenvalue weighted by atomic mass is 10.2. The summed E-state index contributed by atoms with van der Waals surface area (Å²) in [5, 5.41) is 6.11. The Bertz CT molecular complexity index is 481. The molecule has 0 bridgehead atoms. The summed E-state index contributed by atoms with van der Waals surface area (Å²) in [6.07, 6.45) is 0.443. The van der Waals surface area contributed by atoms with Crippen LogP contribution in [0.5, 0.6) is 0 Å². The maximum Gasteiger partial charge on any atom is 0.226 e. The van der Waals surface area contributed by atoms with Crippen LogP contribution in [0.2, 0.25) is 0 Å². The number of rotatable bonds is 6. The van der Waals surface area contributed by atoms with E-state index in [1.54, 1.807) is 19.0 Å². The summed E-state index contributed by atoms with van der Waals surface area (Å²) in [6, 6.07) is 7.54. The fraction of sp³-hybridized carbons (Fsp3) is 0.500. The molecule has 0 aliphatic carbocycles. The van der Waals surface area contributed by atoms with Crippen LogP contribution in [0.25, 0.3) is 0 Å². The molecule has 0 saturated heterocycles. The Balaban J connectivity index is 2.54. The minimum absolute atomic E-state index is 0.000608. The van der Waals surface area contributed by atoms with Gasteiger partial charge in [0.2, 0.25) is 11.8 Å². The molecule has 1 aromatic rings. The highest BCUT2D eigenvalue weighted by atomic mass is 16.2. The van der Waals surface area contributed by atoms with E-state index in [9.17, 15) is 9.59 Å². The largest absolute Gasteiger partial charge is 0.382 e. The molecule has 5 heteroatoms. The maximum atomic E-state index is 11.6. The molecule has 2 amide bonds. The number of carbonyl (C=O) groups is 2. The minimum Gasteiger partial charge on any atom is -0.382 e. The third kappa shape index (κ3) is 5.85. The highest BCUT2D eigenvalue weighted by molar-refractivity contribution is 5.92. The van der Waals surface area contributed by atoms with Gasteiger partial charge in [-0.1, -0.05) is 13.8 Å². The summed E-state index contributed by atoms with van der Waals surface area (Å²) >= 11 is 0. The second kappa shape index (κ2) is 7.67. The topological polar surface area (TPSA) is 61.4 Å². The Hall–Kier alpha value is -2.04. The first-order valence-corrected chi connectivity index (χ1v) is 7.17. The van der Waals surface area contributed by atoms with Crippen LogP contribution in [-0.2, 0) is 9.59 Å². The van der Waals surface area contributed by atoms with Gasteiger partial charge in [-0.3, -0.25) is 9.59 Å². The van der Waals surface area contributed by atoms with Crippen LogP contribution in [-0.4, -0.2) is 36.9 Å². The average molecular weight is 291 g/mol. The van der Waals surface area contributed by atoms with Crippen molar-refractivity contribution >= 4 is 23.2 Å². The molecule has 1 aromatic carbocycles. The molecule has 0 spiro atoms. The van der Waals surface area contributed by atoms with Gasteiger partial charge in [0.25, 0.3) is 0 Å². The van der Waals surface area contributed by atoms with Crippen LogP contribution >= 0.6 is 0 Å². The van der Waals surface area contributed by atoms with Crippen molar-refractivity contribution in [2.75, 3.05) is 24.7 Å². The molecular weight excluding hydrogens is 266 g/mol. The number of hydrogen-bond donors (Lipinski definition) is 2. The van der Waals surface area contributed by atoms with Gasteiger partial charge in [0, 0.05) is 43.9 Å². The van der Waals surface area contributed by atoms with Gasteiger partial charge >= 0.3 is 0 Å². The number of anilines is 2. The van der Waals surface area contributed by atoms with E-state index in [2.05, 4.69) is 10.6 Å². The van der Waals surface area contributed by atoms with Crippen molar-refractivity contribution in [3.8, 4) is 0 Å². The van der Waals surface area contributed by atoms with Crippen LogP contribution in [0.4, 0.5) is 11.4 Å². The normalized spacial score (nSPS) is 11.9. The van der Waals surface area contributed by atoms with Crippen LogP contribution in [0.15, 0.2) is 24.3 Å². The zero-order chi connectivity index (χ0) is 16.0. The number of nitrogens with one attached hydrogen (secondary N) is 2. The molecule has 2 N–H and O–H groups in total. The lowest BCUT2D eigenvalue weighted by molar-refractivity contribution is -0.128. The highest BCUT2D eigenvalue weighted by Gasteiger charge is 2.11. The number of carbonyl (C=O) groups excluding carboxylic acids is 2. The smallest absolute Gasteiger partial charge is 0.226 e. The molecule has 0 radical (unpaired) electrons. The predicted octanol–water partition coefficient (Wildman–Crippen LogP) is 2.56. The van der Waals surface area contributed by atoms with Crippen molar-refractivity contribution in [2.24, 2.45) is 5.92 Å². The molecule has 116 valence electrons. The second-order valence-electron chi connectivity index (χ2n) is 5.76. The fourth-order valence-corrected chi connectivity index (χ4v) is 1.72. The van der Waals surface area contributed by atoms with E-state index < -0.39 is 0 Å². The van der Waals surface area contributed by atoms with Crippen LogP contribution in [0.3, 0.4) is 0 Å². The number of hydrogen-bond acceptors (Lipinski definition) is 3. The molecule has 5 nitrogen and oxygen atoms in total. The monoisotopic (exact) mass is 291 g/mol. The first-order chi connectivity index (χ1) is 9.79. The van der Waals surface area contributed by atoms with E-state index in [4.69, 9.17) is 0 Å². The zero-order valence-corrected chi connectivity index (χ0v) is 13.4. The molecule has 0 fully saturated rings. The van der Waals surface area contributed by atoms with Gasteiger partial charge in [0.15, 0.2) is 0 Å². The van der Waals surface area contributed by atoms with Crippen molar-refractivity contribution in [2.45, 2.75) is 33.2 Å². The molecule has 1 rings (SSSR count). The Morgan fingerprint density at radius 1 is 1.05 bits per heavy atom. The SMILES string of the molecule is CC(C)C(=O)Nc1ccc(N[C@H](C)CC(=O)N(C)C)cc1. The molecule has 0 heterocycles. The van der Waals surface area contributed by atoms with E-state index in [1.807, 2.05) is 45.0 Å². The Morgan fingerprint density at radius 3 is 2.05 bits per heavy atom. The summed E-state index contributed by atoms with van der Waals surface area (Å²) < 4.78 is 0. The fourth-order valence-electron chi connectivity index (χ4n) is 1.72. The van der Waals surface area contributed by atoms with E-state index in [1.165, 1.54) is 0 Å². The van der Waals surface area contributed by atoms with Gasteiger partial charge in [0.1, 0.15) is 0 Å². The molecule has 0 saturated carbocycles. The van der Waals surface area contributed by atoms with Gasteiger partial charge in [-0.25, -0.2) is 0 Å². The zero-order valence-electron chi connectivity index (χ0n) is 13.4. The van der Waals surface area contributed by atoms with Gasteiger partial charge in [0.05, 0.1) is 0 Å². The number of benzene rings is 1. The maximum absolute atomic E-state index is 11.6. The third-order valence-corrected chi connectivity index (χ3v) is 3.07. The van der Waals surface area contributed by atoms with Gasteiger partial charge in [-0.15, -0.1) is 0 Å². The summed E-state index contributed by atoms with van der Waals surface area (Å²) in [5.74, 6) is 0.0522. The quantitative estimate of drug-likeness (QED) is 0.846. The molecule has 0 aliphatic heterocycles.